The molecule has 0 radical (unpaired) electrons. The van der Waals surface area contributed by atoms with Crippen LogP contribution in [0.15, 0.2) is 24.5 Å². The summed E-state index contributed by atoms with van der Waals surface area (Å²) >= 11 is 18.2. The first kappa shape index (κ1) is 11.7. The van der Waals surface area contributed by atoms with Crippen molar-refractivity contribution in [2.24, 2.45) is 0 Å². The largest absolute Gasteiger partial charge is 0.341 e. The van der Waals surface area contributed by atoms with E-state index in [1.807, 2.05) is 0 Å². The van der Waals surface area contributed by atoms with E-state index in [9.17, 15) is 0 Å². The van der Waals surface area contributed by atoms with Crippen LogP contribution in [0.2, 0.25) is 15.3 Å². The van der Waals surface area contributed by atoms with E-state index in [0.717, 1.165) is 0 Å². The summed E-state index contributed by atoms with van der Waals surface area (Å²) in [5.74, 6) is 0. The van der Waals surface area contributed by atoms with Gasteiger partial charge in [-0.2, -0.15) is 4.98 Å². The maximum Gasteiger partial charge on any atom is 0.225 e. The first-order valence-electron chi connectivity index (χ1n) is 4.98. The van der Waals surface area contributed by atoms with E-state index in [0.29, 0.717) is 32.5 Å². The molecular formula is C11H5Cl3N4. The molecule has 0 unspecified atom stereocenters. The number of halogens is 3. The number of rotatable bonds is 1. The molecule has 1 N–H and O–H groups in total. The zero-order valence-corrected chi connectivity index (χ0v) is 11.1. The Hall–Kier alpha value is -1.36. The molecule has 0 bridgehead atoms. The molecule has 18 heavy (non-hydrogen) atoms. The number of fused-ring (bicyclic) bond motifs is 1. The standard InChI is InChI=1S/C11H5Cl3N4/c12-5-2-1-3-6(13)7(5)8-9-10(16-4-15-9)18-11(14)17-8/h1-4H,(H,15,16,17,18). The highest BCUT2D eigenvalue weighted by atomic mass is 35.5. The minimum Gasteiger partial charge on any atom is -0.341 e. The lowest BCUT2D eigenvalue weighted by molar-refractivity contribution is 1.20. The number of benzene rings is 1. The van der Waals surface area contributed by atoms with Crippen LogP contribution < -0.4 is 0 Å². The Morgan fingerprint density at radius 3 is 2.44 bits per heavy atom. The quantitative estimate of drug-likeness (QED) is 0.691. The number of nitrogens with one attached hydrogen (secondary N) is 1. The lowest BCUT2D eigenvalue weighted by Crippen LogP contribution is -1.92. The second-order valence-electron chi connectivity index (χ2n) is 3.54. The summed E-state index contributed by atoms with van der Waals surface area (Å²) < 4.78 is 0. The molecule has 0 spiro atoms. The fraction of sp³-hybridized carbons (Fsp3) is 0. The maximum atomic E-state index is 6.16. The van der Waals surface area contributed by atoms with Gasteiger partial charge in [0.25, 0.3) is 0 Å². The molecule has 3 rings (SSSR count). The van der Waals surface area contributed by atoms with Crippen molar-refractivity contribution in [1.29, 1.82) is 0 Å². The normalized spacial score (nSPS) is 11.1. The molecule has 2 heterocycles. The van der Waals surface area contributed by atoms with Crippen molar-refractivity contribution >= 4 is 46.0 Å². The molecule has 90 valence electrons. The number of aromatic nitrogens is 4. The van der Waals surface area contributed by atoms with Gasteiger partial charge >= 0.3 is 0 Å². The lowest BCUT2D eigenvalue weighted by atomic mass is 10.1. The highest BCUT2D eigenvalue weighted by molar-refractivity contribution is 6.39. The van der Waals surface area contributed by atoms with Gasteiger partial charge in [-0.1, -0.05) is 29.3 Å². The van der Waals surface area contributed by atoms with Gasteiger partial charge in [-0.05, 0) is 23.7 Å². The summed E-state index contributed by atoms with van der Waals surface area (Å²) in [4.78, 5) is 15.2. The Balaban J connectivity index is 2.41. The minimum atomic E-state index is 0.0978. The van der Waals surface area contributed by atoms with Crippen molar-refractivity contribution in [3.05, 3.63) is 39.9 Å². The van der Waals surface area contributed by atoms with Gasteiger partial charge in [0.15, 0.2) is 5.65 Å². The average Bonchev–Trinajstić information content (AvgIpc) is 2.76. The summed E-state index contributed by atoms with van der Waals surface area (Å²) in [7, 11) is 0. The van der Waals surface area contributed by atoms with Crippen LogP contribution >= 0.6 is 34.8 Å². The van der Waals surface area contributed by atoms with Crippen LogP contribution in [0.1, 0.15) is 0 Å². The second-order valence-corrected chi connectivity index (χ2v) is 4.69. The zero-order valence-electron chi connectivity index (χ0n) is 8.78. The zero-order chi connectivity index (χ0) is 12.7. The Morgan fingerprint density at radius 2 is 1.72 bits per heavy atom. The van der Waals surface area contributed by atoms with E-state index in [2.05, 4.69) is 19.9 Å². The third-order valence-corrected chi connectivity index (χ3v) is 3.26. The van der Waals surface area contributed by atoms with Crippen LogP contribution in [0.25, 0.3) is 22.4 Å². The molecule has 0 aliphatic rings. The van der Waals surface area contributed by atoms with Crippen LogP contribution in [0.3, 0.4) is 0 Å². The molecule has 3 aromatic rings. The van der Waals surface area contributed by atoms with E-state index in [4.69, 9.17) is 34.8 Å². The van der Waals surface area contributed by atoms with Crippen molar-refractivity contribution in [2.45, 2.75) is 0 Å². The van der Waals surface area contributed by atoms with Gasteiger partial charge in [-0.25, -0.2) is 9.97 Å². The van der Waals surface area contributed by atoms with Crippen LogP contribution in [-0.2, 0) is 0 Å². The van der Waals surface area contributed by atoms with Crippen LogP contribution in [0.4, 0.5) is 0 Å². The molecule has 0 amide bonds. The fourth-order valence-electron chi connectivity index (χ4n) is 1.71. The molecule has 1 aromatic carbocycles. The Labute approximate surface area is 117 Å². The summed E-state index contributed by atoms with van der Waals surface area (Å²) in [5, 5.41) is 1.09. The van der Waals surface area contributed by atoms with E-state index in [1.54, 1.807) is 18.2 Å². The predicted molar refractivity (Wildman–Crippen MR) is 72.1 cm³/mol. The maximum absolute atomic E-state index is 6.16. The number of aromatic amines is 1. The van der Waals surface area contributed by atoms with Crippen LogP contribution in [-0.4, -0.2) is 19.9 Å². The topological polar surface area (TPSA) is 54.5 Å². The number of hydrogen-bond acceptors (Lipinski definition) is 3. The smallest absolute Gasteiger partial charge is 0.225 e. The number of hydrogen-bond donors (Lipinski definition) is 1. The van der Waals surface area contributed by atoms with Crippen molar-refractivity contribution in [3.63, 3.8) is 0 Å². The molecular weight excluding hydrogens is 295 g/mol. The monoisotopic (exact) mass is 298 g/mol. The van der Waals surface area contributed by atoms with Crippen molar-refractivity contribution in [1.82, 2.24) is 19.9 Å². The SMILES string of the molecule is Clc1nc(-c2c(Cl)cccc2Cl)c2[nH]cnc2n1. The van der Waals surface area contributed by atoms with E-state index < -0.39 is 0 Å². The number of H-pyrrole nitrogens is 1. The highest BCUT2D eigenvalue weighted by Crippen LogP contribution is 2.36. The second kappa shape index (κ2) is 4.39. The molecule has 0 saturated carbocycles. The fourth-order valence-corrected chi connectivity index (χ4v) is 2.45. The van der Waals surface area contributed by atoms with E-state index in [1.165, 1.54) is 6.33 Å². The van der Waals surface area contributed by atoms with Crippen LogP contribution in [0.5, 0.6) is 0 Å². The van der Waals surface area contributed by atoms with Crippen LogP contribution in [0, 0.1) is 0 Å². The number of imidazole rings is 1. The van der Waals surface area contributed by atoms with Gasteiger partial charge in [0.1, 0.15) is 11.2 Å². The summed E-state index contributed by atoms with van der Waals surface area (Å²) in [6.07, 6.45) is 1.52. The summed E-state index contributed by atoms with van der Waals surface area (Å²) in [6.45, 7) is 0. The first-order valence-corrected chi connectivity index (χ1v) is 6.11. The van der Waals surface area contributed by atoms with Gasteiger partial charge in [0.05, 0.1) is 16.4 Å². The Bertz CT molecular complexity index is 718. The van der Waals surface area contributed by atoms with Gasteiger partial charge in [0.2, 0.25) is 5.28 Å². The van der Waals surface area contributed by atoms with Gasteiger partial charge in [0, 0.05) is 5.56 Å². The molecule has 0 saturated heterocycles. The third-order valence-electron chi connectivity index (χ3n) is 2.46. The molecule has 7 heteroatoms. The summed E-state index contributed by atoms with van der Waals surface area (Å²) in [5.41, 5.74) is 2.27. The van der Waals surface area contributed by atoms with Gasteiger partial charge in [-0.15, -0.1) is 0 Å². The highest BCUT2D eigenvalue weighted by Gasteiger charge is 2.16. The van der Waals surface area contributed by atoms with E-state index in [-0.39, 0.29) is 5.28 Å². The molecule has 0 aliphatic heterocycles. The molecule has 2 aromatic heterocycles. The molecule has 0 fully saturated rings. The number of nitrogens with zero attached hydrogens (tertiary/aromatic N) is 3. The molecule has 4 nitrogen and oxygen atoms in total. The summed E-state index contributed by atoms with van der Waals surface area (Å²) in [6, 6.07) is 5.24. The third kappa shape index (κ3) is 1.82. The van der Waals surface area contributed by atoms with Crippen molar-refractivity contribution in [3.8, 4) is 11.3 Å². The predicted octanol–water partition coefficient (Wildman–Crippen LogP) is 3.98. The van der Waals surface area contributed by atoms with Crippen molar-refractivity contribution in [2.75, 3.05) is 0 Å². The molecule has 0 aliphatic carbocycles. The van der Waals surface area contributed by atoms with E-state index >= 15 is 0 Å². The minimum absolute atomic E-state index is 0.0978. The molecule has 0 atom stereocenters. The lowest BCUT2D eigenvalue weighted by Gasteiger charge is -2.07. The Morgan fingerprint density at radius 1 is 1.00 bits per heavy atom. The van der Waals surface area contributed by atoms with Gasteiger partial charge in [-0.3, -0.25) is 0 Å². The average molecular weight is 300 g/mol. The van der Waals surface area contributed by atoms with Crippen molar-refractivity contribution < 1.29 is 0 Å². The Kier molecular flexibility index (Phi) is 2.86. The van der Waals surface area contributed by atoms with Gasteiger partial charge < -0.3 is 4.98 Å². The first-order chi connectivity index (χ1) is 8.66.